The van der Waals surface area contributed by atoms with E-state index in [0.29, 0.717) is 13.2 Å². The number of nitrogens with one attached hydrogen (secondary N) is 1. The molecule has 0 aliphatic carbocycles. The first-order valence-corrected chi connectivity index (χ1v) is 5.74. The van der Waals surface area contributed by atoms with Crippen LogP contribution in [-0.2, 0) is 16.1 Å². The van der Waals surface area contributed by atoms with Gasteiger partial charge in [-0.3, -0.25) is 4.79 Å². The van der Waals surface area contributed by atoms with Crippen molar-refractivity contribution in [1.82, 2.24) is 5.32 Å². The van der Waals surface area contributed by atoms with Crippen LogP contribution >= 0.6 is 0 Å². The fourth-order valence-electron chi connectivity index (χ4n) is 1.36. The van der Waals surface area contributed by atoms with Crippen molar-refractivity contribution in [2.45, 2.75) is 13.5 Å². The van der Waals surface area contributed by atoms with Crippen LogP contribution in [-0.4, -0.2) is 33.2 Å². The molecule has 0 atom stereocenters. The van der Waals surface area contributed by atoms with Crippen LogP contribution in [0.5, 0.6) is 0 Å². The molecule has 0 aliphatic heterocycles. The molecule has 0 aliphatic rings. The van der Waals surface area contributed by atoms with Gasteiger partial charge >= 0.3 is 0 Å². The van der Waals surface area contributed by atoms with Crippen LogP contribution in [0.15, 0.2) is 24.3 Å². The van der Waals surface area contributed by atoms with Crippen LogP contribution in [0.4, 0.5) is 5.69 Å². The number of hydrogen-bond acceptors (Lipinski definition) is 3. The number of carbonyl (C=O) groups excluding carboxylic acids is 1. The quantitative estimate of drug-likeness (QED) is 0.812. The summed E-state index contributed by atoms with van der Waals surface area (Å²) in [5.74, 6) is -0.0801. The van der Waals surface area contributed by atoms with Gasteiger partial charge in [0.05, 0.1) is 0 Å². The van der Waals surface area contributed by atoms with Crippen molar-refractivity contribution in [3.8, 4) is 0 Å². The summed E-state index contributed by atoms with van der Waals surface area (Å²) in [7, 11) is 4.00. The highest BCUT2D eigenvalue weighted by Gasteiger charge is 2.01. The summed E-state index contributed by atoms with van der Waals surface area (Å²) in [6, 6.07) is 8.08. The first-order valence-electron chi connectivity index (χ1n) is 5.74. The van der Waals surface area contributed by atoms with Crippen molar-refractivity contribution in [1.29, 1.82) is 0 Å². The zero-order valence-corrected chi connectivity index (χ0v) is 10.7. The minimum atomic E-state index is -0.0801. The number of rotatable bonds is 6. The van der Waals surface area contributed by atoms with E-state index in [0.717, 1.165) is 11.3 Å². The monoisotopic (exact) mass is 236 g/mol. The number of benzene rings is 1. The Hall–Kier alpha value is -1.55. The van der Waals surface area contributed by atoms with Gasteiger partial charge in [-0.05, 0) is 24.6 Å². The van der Waals surface area contributed by atoms with Gasteiger partial charge < -0.3 is 15.0 Å². The number of anilines is 1. The van der Waals surface area contributed by atoms with Crippen LogP contribution in [0.3, 0.4) is 0 Å². The average Bonchev–Trinajstić information content (AvgIpc) is 2.34. The minimum Gasteiger partial charge on any atom is -0.378 e. The molecular formula is C13H20N2O2. The van der Waals surface area contributed by atoms with Gasteiger partial charge in [0, 0.05) is 32.9 Å². The lowest BCUT2D eigenvalue weighted by atomic mass is 10.2. The van der Waals surface area contributed by atoms with Crippen LogP contribution in [0, 0.1) is 0 Å². The van der Waals surface area contributed by atoms with Gasteiger partial charge in [-0.25, -0.2) is 0 Å². The molecule has 1 aromatic rings. The molecule has 4 nitrogen and oxygen atoms in total. The Balaban J connectivity index is 2.39. The predicted octanol–water partition coefficient (Wildman–Crippen LogP) is 1.41. The van der Waals surface area contributed by atoms with E-state index in [1.54, 1.807) is 0 Å². The van der Waals surface area contributed by atoms with Gasteiger partial charge in [0.1, 0.15) is 6.61 Å². The second kappa shape index (κ2) is 6.91. The third kappa shape index (κ3) is 4.87. The molecule has 0 spiro atoms. The van der Waals surface area contributed by atoms with Gasteiger partial charge in [-0.15, -0.1) is 0 Å². The molecule has 1 amide bonds. The molecule has 1 N–H and O–H groups in total. The predicted molar refractivity (Wildman–Crippen MR) is 69.1 cm³/mol. The molecule has 94 valence electrons. The molecule has 4 heteroatoms. The molecule has 0 saturated heterocycles. The van der Waals surface area contributed by atoms with Gasteiger partial charge in [0.25, 0.3) is 0 Å². The lowest BCUT2D eigenvalue weighted by Crippen LogP contribution is -2.27. The fourth-order valence-corrected chi connectivity index (χ4v) is 1.36. The molecule has 0 radical (unpaired) electrons. The molecule has 1 rings (SSSR count). The van der Waals surface area contributed by atoms with Crippen molar-refractivity contribution in [2.75, 3.05) is 32.2 Å². The molecule has 0 bridgehead atoms. The topological polar surface area (TPSA) is 41.6 Å². The molecule has 17 heavy (non-hydrogen) atoms. The van der Waals surface area contributed by atoms with E-state index < -0.39 is 0 Å². The maximum absolute atomic E-state index is 11.3. The summed E-state index contributed by atoms with van der Waals surface area (Å²) >= 11 is 0. The van der Waals surface area contributed by atoms with Crippen molar-refractivity contribution < 1.29 is 9.53 Å². The maximum atomic E-state index is 11.3. The highest BCUT2D eigenvalue weighted by Crippen LogP contribution is 2.11. The van der Waals surface area contributed by atoms with Gasteiger partial charge in [0.15, 0.2) is 0 Å². The second-order valence-electron chi connectivity index (χ2n) is 3.97. The number of amides is 1. The van der Waals surface area contributed by atoms with Gasteiger partial charge in [-0.2, -0.15) is 0 Å². The molecule has 0 fully saturated rings. The highest BCUT2D eigenvalue weighted by molar-refractivity contribution is 5.77. The summed E-state index contributed by atoms with van der Waals surface area (Å²) < 4.78 is 5.02. The van der Waals surface area contributed by atoms with Crippen molar-refractivity contribution in [2.24, 2.45) is 0 Å². The van der Waals surface area contributed by atoms with E-state index >= 15 is 0 Å². The Labute approximate surface area is 103 Å². The van der Waals surface area contributed by atoms with E-state index in [2.05, 4.69) is 5.32 Å². The van der Waals surface area contributed by atoms with E-state index in [1.807, 2.05) is 50.2 Å². The zero-order valence-electron chi connectivity index (χ0n) is 10.7. The summed E-state index contributed by atoms with van der Waals surface area (Å²) in [5, 5.41) is 2.80. The number of carbonyl (C=O) groups is 1. The Morgan fingerprint density at radius 2 is 1.94 bits per heavy atom. The highest BCUT2D eigenvalue weighted by atomic mass is 16.5. The van der Waals surface area contributed by atoms with Gasteiger partial charge in [-0.1, -0.05) is 12.1 Å². The number of ether oxygens (including phenoxy) is 1. The summed E-state index contributed by atoms with van der Waals surface area (Å²) in [4.78, 5) is 13.3. The molecule has 0 saturated carbocycles. The normalized spacial score (nSPS) is 10.1. The Morgan fingerprint density at radius 3 is 2.47 bits per heavy atom. The third-order valence-corrected chi connectivity index (χ3v) is 2.38. The number of nitrogens with zero attached hydrogens (tertiary/aromatic N) is 1. The largest absolute Gasteiger partial charge is 0.378 e. The Kier molecular flexibility index (Phi) is 5.49. The number of hydrogen-bond donors (Lipinski definition) is 1. The Bertz CT molecular complexity index is 347. The molecule has 0 aromatic heterocycles. The molecule has 0 heterocycles. The van der Waals surface area contributed by atoms with E-state index in [9.17, 15) is 4.79 Å². The molecule has 1 aromatic carbocycles. The zero-order chi connectivity index (χ0) is 12.7. The SMILES string of the molecule is CCOCC(=O)NCc1ccc(N(C)C)cc1. The first kappa shape index (κ1) is 13.5. The smallest absolute Gasteiger partial charge is 0.246 e. The lowest BCUT2D eigenvalue weighted by Gasteiger charge is -2.12. The second-order valence-corrected chi connectivity index (χ2v) is 3.97. The van der Waals surface area contributed by atoms with E-state index in [4.69, 9.17) is 4.74 Å². The van der Waals surface area contributed by atoms with Crippen LogP contribution < -0.4 is 10.2 Å². The van der Waals surface area contributed by atoms with Gasteiger partial charge in [0.2, 0.25) is 5.91 Å². The summed E-state index contributed by atoms with van der Waals surface area (Å²) in [6.07, 6.45) is 0. The minimum absolute atomic E-state index is 0.0801. The maximum Gasteiger partial charge on any atom is 0.246 e. The molecular weight excluding hydrogens is 216 g/mol. The fraction of sp³-hybridized carbons (Fsp3) is 0.462. The summed E-state index contributed by atoms with van der Waals surface area (Å²) in [6.45, 7) is 3.10. The van der Waals surface area contributed by atoms with Crippen molar-refractivity contribution in [3.05, 3.63) is 29.8 Å². The van der Waals surface area contributed by atoms with Crippen molar-refractivity contribution in [3.63, 3.8) is 0 Å². The van der Waals surface area contributed by atoms with Crippen molar-refractivity contribution >= 4 is 11.6 Å². The average molecular weight is 236 g/mol. The first-order chi connectivity index (χ1) is 8.13. The van der Waals surface area contributed by atoms with Crippen LogP contribution in [0.1, 0.15) is 12.5 Å². The lowest BCUT2D eigenvalue weighted by molar-refractivity contribution is -0.125. The van der Waals surface area contributed by atoms with Crippen LogP contribution in [0.25, 0.3) is 0 Å². The van der Waals surface area contributed by atoms with E-state index in [1.165, 1.54) is 0 Å². The summed E-state index contributed by atoms with van der Waals surface area (Å²) in [5.41, 5.74) is 2.23. The van der Waals surface area contributed by atoms with Crippen LogP contribution in [0.2, 0.25) is 0 Å². The third-order valence-electron chi connectivity index (χ3n) is 2.38. The Morgan fingerprint density at radius 1 is 1.29 bits per heavy atom. The molecule has 0 unspecified atom stereocenters. The standard InChI is InChI=1S/C13H20N2O2/c1-4-17-10-13(16)14-9-11-5-7-12(8-6-11)15(2)3/h5-8H,4,9-10H2,1-3H3,(H,14,16). The van der Waals surface area contributed by atoms with E-state index in [-0.39, 0.29) is 12.5 Å².